The molecule has 18 aromatic carbocycles. The van der Waals surface area contributed by atoms with Gasteiger partial charge in [0, 0.05) is 95.3 Å². The predicted molar refractivity (Wildman–Crippen MR) is 515 cm³/mol. The summed E-state index contributed by atoms with van der Waals surface area (Å²) in [6.45, 7) is -1.01. The van der Waals surface area contributed by atoms with Gasteiger partial charge in [0.25, 0.3) is 13.4 Å². The molecule has 0 saturated heterocycles. The van der Waals surface area contributed by atoms with Crippen LogP contribution in [0.2, 0.25) is 0 Å². The van der Waals surface area contributed by atoms with Gasteiger partial charge in [-0.3, -0.25) is 0 Å². The maximum absolute atomic E-state index is 8.17. The molecule has 21 aromatic rings. The van der Waals surface area contributed by atoms with Gasteiger partial charge in [-0.05, 0) is 140 Å². The number of hydrogen-bond acceptors (Lipinski definition) is 5. The van der Waals surface area contributed by atoms with Gasteiger partial charge in [0.1, 0.15) is 11.5 Å². The van der Waals surface area contributed by atoms with E-state index in [0.717, 1.165) is 89.6 Å². The minimum Gasteiger partial charge on any atom is -0.455 e. The zero-order valence-electron chi connectivity index (χ0n) is 65.4. The van der Waals surface area contributed by atoms with Crippen molar-refractivity contribution in [1.29, 1.82) is 0 Å². The molecule has 0 fully saturated rings. The van der Waals surface area contributed by atoms with Gasteiger partial charge in [-0.15, -0.1) is 0 Å². The summed E-state index contributed by atoms with van der Waals surface area (Å²) in [5, 5.41) is 7.29. The summed E-state index contributed by atoms with van der Waals surface area (Å²) in [6.07, 6.45) is 0. The van der Waals surface area contributed by atoms with Crippen LogP contribution in [0.1, 0.15) is 0 Å². The van der Waals surface area contributed by atoms with Crippen molar-refractivity contribution in [1.82, 2.24) is 13.7 Å². The first-order chi connectivity index (χ1) is 60.1. The first-order valence-corrected chi connectivity index (χ1v) is 44.2. The van der Waals surface area contributed by atoms with E-state index in [1.807, 2.05) is 35.3 Å². The molecule has 0 unspecified atom stereocenters. The van der Waals surface area contributed by atoms with E-state index in [2.05, 4.69) is 414 Å². The van der Waals surface area contributed by atoms with Gasteiger partial charge in [-0.25, -0.2) is 0 Å². The van der Waals surface area contributed by atoms with Crippen LogP contribution < -0.4 is 91.4 Å². The highest BCUT2D eigenvalue weighted by Gasteiger charge is 2.49. The van der Waals surface area contributed by atoms with Gasteiger partial charge < -0.3 is 23.2 Å². The first kappa shape index (κ1) is 69.3. The molecule has 0 aliphatic carbocycles. The minimum absolute atomic E-state index is 0.0686. The Kier molecular flexibility index (Phi) is 15.7. The van der Waals surface area contributed by atoms with Crippen molar-refractivity contribution in [2.45, 2.75) is 29.4 Å². The second-order valence-corrected chi connectivity index (χ2v) is 35.7. The Morgan fingerprint density at radius 1 is 0.215 bits per heavy atom. The summed E-state index contributed by atoms with van der Waals surface area (Å²) in [6, 6.07) is 150. The SMILES string of the molecule is c1ccc(B2c3ccccc3Sc3c2c2c(c4c3B(c3ccccc3)c3cc(-c5cccc6c5Oc5c(ccc7c5Oc5ccccc5B7c5cccc7c8ccccc8n(-c8ccccc8)c57)B6c5cccc6c7ccccc7n(-c7ccccc7)c56)ccc3S4)B(c3cccc(-n4c5ccccc5c5ccccc54)c3)c3ccccc3S2)cc1. The summed E-state index contributed by atoms with van der Waals surface area (Å²) < 4.78 is 23.3. The molecule has 0 amide bonds. The van der Waals surface area contributed by atoms with Crippen molar-refractivity contribution < 1.29 is 9.47 Å². The maximum atomic E-state index is 8.17. The van der Waals surface area contributed by atoms with Crippen molar-refractivity contribution in [3.8, 4) is 51.2 Å². The van der Waals surface area contributed by atoms with Crippen molar-refractivity contribution in [2.24, 2.45) is 0 Å². The molecular formula is C108H66B5N3O2S3. The summed E-state index contributed by atoms with van der Waals surface area (Å²) in [5.74, 6) is 3.06. The minimum atomic E-state index is -0.339. The topological polar surface area (TPSA) is 33.2 Å². The van der Waals surface area contributed by atoms with Gasteiger partial charge in [-0.2, -0.15) is 0 Å². The average Bonchev–Trinajstić information content (AvgIpc) is 1.09. The molecule has 13 heteroatoms. The molecule has 5 aliphatic heterocycles. The molecule has 3 aromatic heterocycles. The lowest BCUT2D eigenvalue weighted by Gasteiger charge is -2.40. The molecule has 121 heavy (non-hydrogen) atoms. The van der Waals surface area contributed by atoms with E-state index in [1.165, 1.54) is 138 Å². The molecule has 5 nitrogen and oxygen atoms in total. The van der Waals surface area contributed by atoms with Crippen molar-refractivity contribution >= 4 is 216 Å². The third-order valence-electron chi connectivity index (χ3n) is 26.3. The van der Waals surface area contributed by atoms with Gasteiger partial charge in [0.15, 0.2) is 11.5 Å². The molecule has 8 heterocycles. The van der Waals surface area contributed by atoms with Gasteiger partial charge in [0.05, 0.1) is 22.1 Å². The van der Waals surface area contributed by atoms with E-state index in [0.29, 0.717) is 0 Å². The molecule has 0 radical (unpaired) electrons. The van der Waals surface area contributed by atoms with E-state index in [1.54, 1.807) is 0 Å². The summed E-state index contributed by atoms with van der Waals surface area (Å²) in [5.41, 5.74) is 30.9. The van der Waals surface area contributed by atoms with E-state index in [4.69, 9.17) is 9.47 Å². The fraction of sp³-hybridized carbons (Fsp3) is 0. The molecule has 0 spiro atoms. The summed E-state index contributed by atoms with van der Waals surface area (Å²) >= 11 is 5.93. The van der Waals surface area contributed by atoms with Gasteiger partial charge in [-0.1, -0.05) is 384 Å². The third-order valence-corrected chi connectivity index (χ3v) is 30.0. The Labute approximate surface area is 714 Å². The number of ether oxygens (including phenoxy) is 2. The van der Waals surface area contributed by atoms with Crippen LogP contribution in [0.25, 0.3) is 93.6 Å². The highest BCUT2D eigenvalue weighted by molar-refractivity contribution is 8.02. The Morgan fingerprint density at radius 2 is 0.579 bits per heavy atom. The van der Waals surface area contributed by atoms with Crippen LogP contribution in [0.15, 0.2) is 430 Å². The van der Waals surface area contributed by atoms with Crippen LogP contribution in [0.3, 0.4) is 0 Å². The van der Waals surface area contributed by atoms with Gasteiger partial charge in [0.2, 0.25) is 20.1 Å². The van der Waals surface area contributed by atoms with Crippen LogP contribution >= 0.6 is 35.3 Å². The van der Waals surface area contributed by atoms with Crippen LogP contribution in [-0.4, -0.2) is 47.3 Å². The highest BCUT2D eigenvalue weighted by atomic mass is 32.2. The summed E-state index contributed by atoms with van der Waals surface area (Å²) in [4.78, 5) is 7.84. The monoisotopic (exact) mass is 1590 g/mol. The zero-order valence-corrected chi connectivity index (χ0v) is 67.8. The maximum Gasteiger partial charge on any atom is 0.253 e. The number of para-hydroxylation sites is 10. The standard InChI is InChI=1S/C108H66B5N3O2S3/c1-5-31-68(32-6-1)109-82-49-18-25-59-95(82)119-106-98(109)107-100(111(83-50-19-26-60-96(83)120-107)70-35-27-40-73(66-70)114-90-54-20-13-41-75(90)76-42-14-21-55-91(76)114)108-99(106)110(69-33-7-2-8-34-69)89-65-67(61-64-97(89)121-108)74-45-28-53-86-103(74)118-105-88(113(86)85-52-30-47-80-78-44-16-23-57-93(78)116(102(80)85)72-38-11-4-12-39-72)63-62-87-104(105)117-94-58-24-17-48-81(94)112(87)84-51-29-46-79-77-43-15-22-56-92(77)115(101(79)84)71-36-9-3-10-37-71/h1-66H. The second kappa shape index (κ2) is 27.4. The number of aromatic nitrogens is 3. The Bertz CT molecular complexity index is 7900. The number of fused-ring (bicyclic) bond motifs is 23. The lowest BCUT2D eigenvalue weighted by atomic mass is 9.30. The van der Waals surface area contributed by atoms with E-state index in [-0.39, 0.29) is 33.6 Å². The van der Waals surface area contributed by atoms with Gasteiger partial charge >= 0.3 is 0 Å². The molecule has 0 atom stereocenters. The third kappa shape index (κ3) is 10.4. The number of hydrogen-bond donors (Lipinski definition) is 0. The Morgan fingerprint density at radius 3 is 1.12 bits per heavy atom. The molecule has 5 aliphatic rings. The highest BCUT2D eigenvalue weighted by Crippen LogP contribution is 2.47. The summed E-state index contributed by atoms with van der Waals surface area (Å²) in [7, 11) is 0. The number of rotatable bonds is 9. The molecular weight excluding hydrogens is 1520 g/mol. The van der Waals surface area contributed by atoms with Crippen molar-refractivity contribution in [3.63, 3.8) is 0 Å². The lowest BCUT2D eigenvalue weighted by molar-refractivity contribution is 0.425. The Hall–Kier alpha value is -13.7. The zero-order chi connectivity index (χ0) is 79.1. The molecule has 558 valence electrons. The van der Waals surface area contributed by atoms with Crippen LogP contribution in [0, 0.1) is 0 Å². The van der Waals surface area contributed by atoms with Crippen LogP contribution in [0.5, 0.6) is 23.0 Å². The largest absolute Gasteiger partial charge is 0.455 e. The molecule has 0 bridgehead atoms. The molecule has 0 saturated carbocycles. The predicted octanol–water partition coefficient (Wildman–Crippen LogP) is 16.8. The average molecular weight is 1590 g/mol. The van der Waals surface area contributed by atoms with E-state index in [9.17, 15) is 0 Å². The van der Waals surface area contributed by atoms with E-state index >= 15 is 0 Å². The second-order valence-electron chi connectivity index (χ2n) is 32.5. The van der Waals surface area contributed by atoms with Crippen LogP contribution in [0.4, 0.5) is 0 Å². The molecule has 0 N–H and O–H groups in total. The number of nitrogens with zero attached hydrogens (tertiary/aromatic N) is 3. The van der Waals surface area contributed by atoms with Crippen molar-refractivity contribution in [2.75, 3.05) is 0 Å². The fourth-order valence-corrected chi connectivity index (χ4v) is 25.5. The first-order valence-electron chi connectivity index (χ1n) is 41.8. The lowest BCUT2D eigenvalue weighted by Crippen LogP contribution is -2.67. The van der Waals surface area contributed by atoms with Crippen molar-refractivity contribution in [3.05, 3.63) is 400 Å². The molecule has 26 rings (SSSR count). The fourth-order valence-electron chi connectivity index (χ4n) is 21.3. The normalized spacial score (nSPS) is 13.4. The Balaban J connectivity index is 0.713. The smallest absolute Gasteiger partial charge is 0.253 e. The quantitative estimate of drug-likeness (QED) is 0.135. The number of benzene rings is 18. The van der Waals surface area contributed by atoms with Crippen LogP contribution in [-0.2, 0) is 0 Å². The van der Waals surface area contributed by atoms with E-state index < -0.39 is 0 Å².